The molecule has 0 saturated carbocycles. The Kier molecular flexibility index (Phi) is 5.11. The van der Waals surface area contributed by atoms with E-state index >= 15 is 0 Å². The third-order valence-electron chi connectivity index (χ3n) is 5.66. The molecule has 6 nitrogen and oxygen atoms in total. The van der Waals surface area contributed by atoms with Gasteiger partial charge in [-0.15, -0.1) is 11.3 Å². The fourth-order valence-corrected chi connectivity index (χ4v) is 4.79. The van der Waals surface area contributed by atoms with Crippen LogP contribution < -0.4 is 9.47 Å². The molecule has 1 fully saturated rings. The van der Waals surface area contributed by atoms with Crippen molar-refractivity contribution in [3.05, 3.63) is 70.4 Å². The van der Waals surface area contributed by atoms with Crippen LogP contribution in [0.25, 0.3) is 0 Å². The maximum atomic E-state index is 12.9. The summed E-state index contributed by atoms with van der Waals surface area (Å²) in [6, 6.07) is 17.5. The molecule has 0 N–H and O–H groups in total. The van der Waals surface area contributed by atoms with E-state index in [1.165, 1.54) is 11.3 Å². The van der Waals surface area contributed by atoms with Crippen molar-refractivity contribution in [3.8, 4) is 17.2 Å². The Morgan fingerprint density at radius 2 is 2.00 bits per heavy atom. The number of hydrogen-bond acceptors (Lipinski definition) is 6. The van der Waals surface area contributed by atoms with E-state index in [2.05, 4.69) is 11.8 Å². The molecule has 2 aliphatic heterocycles. The number of ether oxygens (including phenoxy) is 2. The summed E-state index contributed by atoms with van der Waals surface area (Å²) < 4.78 is 11.8. The van der Waals surface area contributed by atoms with Crippen LogP contribution in [0.1, 0.15) is 22.2 Å². The molecule has 0 unspecified atom stereocenters. The predicted molar refractivity (Wildman–Crippen MR) is 122 cm³/mol. The largest absolute Gasteiger partial charge is 0.493 e. The molecule has 2 aliphatic rings. The van der Waals surface area contributed by atoms with Crippen LogP contribution in [0, 0.1) is 0 Å². The van der Waals surface area contributed by atoms with Gasteiger partial charge in [0, 0.05) is 25.7 Å². The molecule has 1 amide bonds. The van der Waals surface area contributed by atoms with Crippen molar-refractivity contribution in [3.63, 3.8) is 0 Å². The van der Waals surface area contributed by atoms with Crippen molar-refractivity contribution in [1.82, 2.24) is 9.80 Å². The van der Waals surface area contributed by atoms with E-state index in [9.17, 15) is 4.79 Å². The Hall–Kier alpha value is -3.32. The van der Waals surface area contributed by atoms with Gasteiger partial charge in [-0.1, -0.05) is 24.3 Å². The van der Waals surface area contributed by atoms with Crippen LogP contribution in [0.5, 0.6) is 17.2 Å². The average Bonchev–Trinajstić information content (AvgIpc) is 3.27. The molecule has 5 rings (SSSR count). The monoisotopic (exact) mass is 433 g/mol. The number of thiophene rings is 1. The molecule has 158 valence electrons. The number of piperazine rings is 1. The number of amidine groups is 1. The van der Waals surface area contributed by atoms with Gasteiger partial charge in [0.1, 0.15) is 11.5 Å². The highest BCUT2D eigenvalue weighted by atomic mass is 32.1. The smallest absolute Gasteiger partial charge is 0.264 e. The van der Waals surface area contributed by atoms with Gasteiger partial charge < -0.3 is 19.3 Å². The number of carbonyl (C=O) groups is 1. The number of methoxy groups -OCH3 is 1. The summed E-state index contributed by atoms with van der Waals surface area (Å²) in [4.78, 5) is 22.9. The SMILES string of the molecule is COc1cccc2c1Oc1ccccc1N=C2N1CCN(C(=O)c2cccs2)[C@@H](C)C1. The molecular formula is C24H23N3O3S. The van der Waals surface area contributed by atoms with E-state index in [1.54, 1.807) is 7.11 Å². The quantitative estimate of drug-likeness (QED) is 0.583. The second-order valence-corrected chi connectivity index (χ2v) is 8.56. The number of fused-ring (bicyclic) bond motifs is 2. The highest BCUT2D eigenvalue weighted by molar-refractivity contribution is 7.12. The lowest BCUT2D eigenvalue weighted by Crippen LogP contribution is -2.55. The number of hydrogen-bond donors (Lipinski definition) is 0. The third-order valence-corrected chi connectivity index (χ3v) is 6.52. The average molecular weight is 434 g/mol. The van der Waals surface area contributed by atoms with Gasteiger partial charge in [0.2, 0.25) is 0 Å². The first-order chi connectivity index (χ1) is 15.2. The van der Waals surface area contributed by atoms with Crippen LogP contribution in [0.4, 0.5) is 5.69 Å². The summed E-state index contributed by atoms with van der Waals surface area (Å²) in [5.74, 6) is 2.97. The molecule has 31 heavy (non-hydrogen) atoms. The molecule has 7 heteroatoms. The maximum absolute atomic E-state index is 12.9. The number of rotatable bonds is 2. The van der Waals surface area contributed by atoms with Crippen LogP contribution in [0.15, 0.2) is 65.0 Å². The predicted octanol–water partition coefficient (Wildman–Crippen LogP) is 4.79. The normalized spacial score (nSPS) is 17.7. The Bertz CT molecular complexity index is 1140. The number of carbonyl (C=O) groups excluding carboxylic acids is 1. The highest BCUT2D eigenvalue weighted by Crippen LogP contribution is 2.42. The fraction of sp³-hybridized carbons (Fsp3) is 0.250. The molecule has 3 heterocycles. The molecule has 2 aromatic carbocycles. The minimum atomic E-state index is 0.0551. The maximum Gasteiger partial charge on any atom is 0.264 e. The Morgan fingerprint density at radius 3 is 2.77 bits per heavy atom. The Morgan fingerprint density at radius 1 is 1.13 bits per heavy atom. The van der Waals surface area contributed by atoms with Crippen LogP contribution in [0.3, 0.4) is 0 Å². The molecule has 0 bridgehead atoms. The Balaban J connectivity index is 1.50. The molecule has 0 spiro atoms. The van der Waals surface area contributed by atoms with Gasteiger partial charge in [-0.05, 0) is 42.6 Å². The molecule has 3 aromatic rings. The standard InChI is InChI=1S/C24H23N3O3S/c1-16-15-26(12-13-27(16)24(28)21-11-6-14-31-21)23-17-7-5-10-20(29-2)22(17)30-19-9-4-3-8-18(19)25-23/h3-11,14,16H,12-13,15H2,1-2H3/t16-/m0/s1. The van der Waals surface area contributed by atoms with Crippen molar-refractivity contribution in [2.24, 2.45) is 4.99 Å². The van der Waals surface area contributed by atoms with Gasteiger partial charge in [-0.25, -0.2) is 4.99 Å². The van der Waals surface area contributed by atoms with E-state index in [0.29, 0.717) is 36.9 Å². The zero-order valence-electron chi connectivity index (χ0n) is 17.4. The van der Waals surface area contributed by atoms with Crippen molar-refractivity contribution in [1.29, 1.82) is 0 Å². The van der Waals surface area contributed by atoms with Gasteiger partial charge in [0.25, 0.3) is 5.91 Å². The number of para-hydroxylation sites is 3. The summed E-state index contributed by atoms with van der Waals surface area (Å²) in [6.45, 7) is 4.11. The molecule has 0 radical (unpaired) electrons. The molecule has 0 aliphatic carbocycles. The van der Waals surface area contributed by atoms with E-state index in [-0.39, 0.29) is 11.9 Å². The number of benzene rings is 2. The van der Waals surface area contributed by atoms with Gasteiger partial charge >= 0.3 is 0 Å². The first kappa shape index (κ1) is 19.6. The van der Waals surface area contributed by atoms with Crippen molar-refractivity contribution in [2.45, 2.75) is 13.0 Å². The van der Waals surface area contributed by atoms with Gasteiger partial charge in [0.15, 0.2) is 17.2 Å². The van der Waals surface area contributed by atoms with Crippen molar-refractivity contribution in [2.75, 3.05) is 26.7 Å². The van der Waals surface area contributed by atoms with Crippen molar-refractivity contribution >= 4 is 28.8 Å². The number of nitrogens with zero attached hydrogens (tertiary/aromatic N) is 3. The summed E-state index contributed by atoms with van der Waals surface area (Å²) in [7, 11) is 1.64. The van der Waals surface area contributed by atoms with Gasteiger partial charge in [0.05, 0.1) is 17.6 Å². The number of aliphatic imine (C=N–C) groups is 1. The minimum Gasteiger partial charge on any atom is -0.493 e. The zero-order valence-corrected chi connectivity index (χ0v) is 18.3. The molecule has 1 atom stereocenters. The first-order valence-electron chi connectivity index (χ1n) is 10.3. The van der Waals surface area contributed by atoms with Crippen molar-refractivity contribution < 1.29 is 14.3 Å². The van der Waals surface area contributed by atoms with Crippen LogP contribution >= 0.6 is 11.3 Å². The van der Waals surface area contributed by atoms with Crippen LogP contribution in [0.2, 0.25) is 0 Å². The van der Waals surface area contributed by atoms with E-state index in [4.69, 9.17) is 14.5 Å². The topological polar surface area (TPSA) is 54.4 Å². The molecule has 1 aromatic heterocycles. The zero-order chi connectivity index (χ0) is 21.4. The molecular weight excluding hydrogens is 410 g/mol. The lowest BCUT2D eigenvalue weighted by atomic mass is 10.1. The minimum absolute atomic E-state index is 0.0551. The van der Waals surface area contributed by atoms with E-state index < -0.39 is 0 Å². The van der Waals surface area contributed by atoms with Gasteiger partial charge in [-0.3, -0.25) is 4.79 Å². The van der Waals surface area contributed by atoms with Crippen LogP contribution in [-0.4, -0.2) is 54.3 Å². The lowest BCUT2D eigenvalue weighted by Gasteiger charge is -2.41. The van der Waals surface area contributed by atoms with E-state index in [1.807, 2.05) is 64.9 Å². The Labute approximate surface area is 185 Å². The summed E-state index contributed by atoms with van der Waals surface area (Å²) in [5.41, 5.74) is 1.67. The molecule has 1 saturated heterocycles. The lowest BCUT2D eigenvalue weighted by molar-refractivity contribution is 0.0586. The van der Waals surface area contributed by atoms with E-state index in [0.717, 1.165) is 22.0 Å². The fourth-order valence-electron chi connectivity index (χ4n) is 4.11. The summed E-state index contributed by atoms with van der Waals surface area (Å²) in [5, 5.41) is 1.94. The van der Waals surface area contributed by atoms with Crippen LogP contribution in [-0.2, 0) is 0 Å². The number of amides is 1. The first-order valence-corrected chi connectivity index (χ1v) is 11.2. The second-order valence-electron chi connectivity index (χ2n) is 7.61. The van der Waals surface area contributed by atoms with Gasteiger partial charge in [-0.2, -0.15) is 0 Å². The third kappa shape index (κ3) is 3.55. The summed E-state index contributed by atoms with van der Waals surface area (Å²) >= 11 is 1.49. The second kappa shape index (κ2) is 8.07. The highest BCUT2D eigenvalue weighted by Gasteiger charge is 2.32. The summed E-state index contributed by atoms with van der Waals surface area (Å²) in [6.07, 6.45) is 0.